The molecular weight excluding hydrogens is 414 g/mol. The minimum absolute atomic E-state index is 0.105. The van der Waals surface area contributed by atoms with Crippen molar-refractivity contribution in [1.29, 1.82) is 0 Å². The first-order chi connectivity index (χ1) is 13.9. The zero-order chi connectivity index (χ0) is 20.6. The number of sulfonamides is 1. The van der Waals surface area contributed by atoms with Crippen LogP contribution in [0.3, 0.4) is 0 Å². The third-order valence-corrected chi connectivity index (χ3v) is 7.50. The molecule has 3 aromatic rings. The van der Waals surface area contributed by atoms with E-state index in [1.54, 1.807) is 18.5 Å². The molecule has 0 N–H and O–H groups in total. The van der Waals surface area contributed by atoms with E-state index < -0.39 is 22.0 Å². The molecule has 152 valence electrons. The summed E-state index contributed by atoms with van der Waals surface area (Å²) in [6.07, 6.45) is 1.87. The Bertz CT molecular complexity index is 1230. The van der Waals surface area contributed by atoms with Gasteiger partial charge in [0.2, 0.25) is 10.0 Å². The highest BCUT2D eigenvalue weighted by atomic mass is 32.2. The van der Waals surface area contributed by atoms with Gasteiger partial charge in [0.25, 0.3) is 5.56 Å². The first-order valence-corrected chi connectivity index (χ1v) is 11.6. The summed E-state index contributed by atoms with van der Waals surface area (Å²) >= 11 is 1.30. The molecule has 8 nitrogen and oxygen atoms in total. The van der Waals surface area contributed by atoms with Crippen molar-refractivity contribution in [2.75, 3.05) is 5.75 Å². The predicted molar refractivity (Wildman–Crippen MR) is 108 cm³/mol. The first kappa shape index (κ1) is 19.7. The average Bonchev–Trinajstić information content (AvgIpc) is 3.20. The van der Waals surface area contributed by atoms with Crippen molar-refractivity contribution in [2.24, 2.45) is 0 Å². The van der Waals surface area contributed by atoms with Gasteiger partial charge in [-0.1, -0.05) is 24.3 Å². The van der Waals surface area contributed by atoms with Crippen LogP contribution >= 0.6 is 11.3 Å². The van der Waals surface area contributed by atoms with E-state index in [1.807, 2.05) is 24.3 Å². The molecular formula is C19H19N3O5S2. The molecule has 2 aromatic heterocycles. The van der Waals surface area contributed by atoms with Crippen molar-refractivity contribution >= 4 is 32.3 Å². The highest BCUT2D eigenvalue weighted by Crippen LogP contribution is 2.27. The summed E-state index contributed by atoms with van der Waals surface area (Å²) in [5.41, 5.74) is 1.87. The number of ether oxygens (including phenoxy) is 1. The second-order valence-corrected chi connectivity index (χ2v) is 9.77. The van der Waals surface area contributed by atoms with Gasteiger partial charge >= 0.3 is 5.97 Å². The summed E-state index contributed by atoms with van der Waals surface area (Å²) in [4.78, 5) is 29.7. The Hall–Kier alpha value is -2.56. The number of esters is 1. The van der Waals surface area contributed by atoms with Crippen molar-refractivity contribution in [2.45, 2.75) is 32.5 Å². The van der Waals surface area contributed by atoms with Crippen molar-refractivity contribution in [3.8, 4) is 0 Å². The van der Waals surface area contributed by atoms with Gasteiger partial charge in [-0.15, -0.1) is 11.3 Å². The van der Waals surface area contributed by atoms with Crippen LogP contribution in [0.15, 0.2) is 46.7 Å². The molecule has 0 spiro atoms. The van der Waals surface area contributed by atoms with Crippen LogP contribution in [0.1, 0.15) is 23.7 Å². The molecule has 3 heterocycles. The number of carbonyl (C=O) groups excluding carboxylic acids is 1. The van der Waals surface area contributed by atoms with Gasteiger partial charge in [-0.05, 0) is 18.1 Å². The lowest BCUT2D eigenvalue weighted by atomic mass is 9.96. The SMILES string of the molecule is CCS(=O)(=O)N1Cc2ccccc2C[C@@H]1C(=O)OCc1cc(=O)n2ccsc2n1. The molecule has 0 radical (unpaired) electrons. The van der Waals surface area contributed by atoms with Gasteiger partial charge in [0.1, 0.15) is 12.6 Å². The number of aromatic nitrogens is 2. The standard InChI is InChI=1S/C19H19N3O5S2/c1-2-29(25,26)22-11-14-6-4-3-5-13(14)9-16(22)18(24)27-12-15-10-17(23)21-7-8-28-19(21)20-15/h3-8,10,16H,2,9,11-12H2,1H3/t16-/m1/s1. The zero-order valence-electron chi connectivity index (χ0n) is 15.6. The van der Waals surface area contributed by atoms with E-state index in [2.05, 4.69) is 4.98 Å². The lowest BCUT2D eigenvalue weighted by molar-refractivity contribution is -0.150. The molecule has 0 saturated heterocycles. The molecule has 1 aliphatic heterocycles. The van der Waals surface area contributed by atoms with Crippen LogP contribution in [0.5, 0.6) is 0 Å². The van der Waals surface area contributed by atoms with E-state index in [0.717, 1.165) is 11.1 Å². The summed E-state index contributed by atoms with van der Waals surface area (Å²) in [5.74, 6) is -0.753. The Labute approximate surface area is 171 Å². The summed E-state index contributed by atoms with van der Waals surface area (Å²) in [5, 5.41) is 1.74. The fourth-order valence-electron chi connectivity index (χ4n) is 3.36. The number of carbonyl (C=O) groups is 1. The van der Waals surface area contributed by atoms with Gasteiger partial charge in [0.15, 0.2) is 4.96 Å². The van der Waals surface area contributed by atoms with Gasteiger partial charge in [-0.25, -0.2) is 13.4 Å². The molecule has 10 heteroatoms. The van der Waals surface area contributed by atoms with Crippen LogP contribution in [0, 0.1) is 0 Å². The van der Waals surface area contributed by atoms with E-state index >= 15 is 0 Å². The molecule has 0 fully saturated rings. The van der Waals surface area contributed by atoms with Gasteiger partial charge < -0.3 is 4.74 Å². The maximum atomic E-state index is 12.8. The Morgan fingerprint density at radius 3 is 2.83 bits per heavy atom. The monoisotopic (exact) mass is 433 g/mol. The quantitative estimate of drug-likeness (QED) is 0.567. The molecule has 29 heavy (non-hydrogen) atoms. The number of fused-ring (bicyclic) bond motifs is 2. The Balaban J connectivity index is 1.57. The molecule has 1 aromatic carbocycles. The van der Waals surface area contributed by atoms with Gasteiger partial charge in [-0.2, -0.15) is 4.31 Å². The fraction of sp³-hybridized carbons (Fsp3) is 0.316. The Morgan fingerprint density at radius 2 is 2.07 bits per heavy atom. The number of hydrogen-bond donors (Lipinski definition) is 0. The molecule has 1 atom stereocenters. The summed E-state index contributed by atoms with van der Waals surface area (Å²) in [7, 11) is -3.60. The molecule has 0 saturated carbocycles. The average molecular weight is 434 g/mol. The minimum Gasteiger partial charge on any atom is -0.458 e. The fourth-order valence-corrected chi connectivity index (χ4v) is 5.32. The maximum Gasteiger partial charge on any atom is 0.325 e. The summed E-state index contributed by atoms with van der Waals surface area (Å²) in [6, 6.07) is 7.82. The number of benzene rings is 1. The lowest BCUT2D eigenvalue weighted by Gasteiger charge is -2.34. The molecule has 4 rings (SSSR count). The highest BCUT2D eigenvalue weighted by Gasteiger charge is 2.39. The van der Waals surface area contributed by atoms with Crippen LogP contribution in [-0.2, 0) is 39.1 Å². The molecule has 0 bridgehead atoms. The Kier molecular flexibility index (Phi) is 5.24. The number of thiazole rings is 1. The van der Waals surface area contributed by atoms with E-state index in [0.29, 0.717) is 10.7 Å². The minimum atomic E-state index is -3.60. The van der Waals surface area contributed by atoms with Crippen LogP contribution in [0.2, 0.25) is 0 Å². The molecule has 0 unspecified atom stereocenters. The van der Waals surface area contributed by atoms with Crippen molar-refractivity contribution in [1.82, 2.24) is 13.7 Å². The maximum absolute atomic E-state index is 12.8. The van der Waals surface area contributed by atoms with Crippen LogP contribution < -0.4 is 5.56 Å². The van der Waals surface area contributed by atoms with Crippen molar-refractivity contribution in [3.05, 3.63) is 69.1 Å². The summed E-state index contributed by atoms with van der Waals surface area (Å²) < 4.78 is 33.2. The number of hydrogen-bond acceptors (Lipinski definition) is 7. The van der Waals surface area contributed by atoms with Crippen molar-refractivity contribution < 1.29 is 17.9 Å². The third kappa shape index (κ3) is 3.83. The normalized spacial score (nSPS) is 17.2. The number of rotatable bonds is 5. The van der Waals surface area contributed by atoms with Gasteiger partial charge in [0, 0.05) is 30.6 Å². The Morgan fingerprint density at radius 1 is 1.31 bits per heavy atom. The van der Waals surface area contributed by atoms with E-state index in [-0.39, 0.29) is 30.9 Å². The third-order valence-electron chi connectivity index (χ3n) is 4.92. The predicted octanol–water partition coefficient (Wildman–Crippen LogP) is 1.58. The van der Waals surface area contributed by atoms with E-state index in [1.165, 1.54) is 26.1 Å². The van der Waals surface area contributed by atoms with Crippen LogP contribution in [-0.4, -0.2) is 39.9 Å². The molecule has 1 aliphatic rings. The highest BCUT2D eigenvalue weighted by molar-refractivity contribution is 7.89. The zero-order valence-corrected chi connectivity index (χ0v) is 17.3. The van der Waals surface area contributed by atoms with Crippen LogP contribution in [0.4, 0.5) is 0 Å². The van der Waals surface area contributed by atoms with E-state index in [9.17, 15) is 18.0 Å². The smallest absolute Gasteiger partial charge is 0.325 e. The van der Waals surface area contributed by atoms with Crippen LogP contribution in [0.25, 0.3) is 4.96 Å². The molecule has 0 aliphatic carbocycles. The second-order valence-electron chi connectivity index (χ2n) is 6.68. The largest absolute Gasteiger partial charge is 0.458 e. The second kappa shape index (κ2) is 7.69. The van der Waals surface area contributed by atoms with Crippen molar-refractivity contribution in [3.63, 3.8) is 0 Å². The summed E-state index contributed by atoms with van der Waals surface area (Å²) in [6.45, 7) is 1.49. The number of nitrogens with zero attached hydrogens (tertiary/aromatic N) is 3. The van der Waals surface area contributed by atoms with E-state index in [4.69, 9.17) is 4.74 Å². The lowest BCUT2D eigenvalue weighted by Crippen LogP contribution is -2.49. The van der Waals surface area contributed by atoms with Gasteiger partial charge in [-0.3, -0.25) is 14.0 Å². The molecule has 0 amide bonds. The van der Waals surface area contributed by atoms with Gasteiger partial charge in [0.05, 0.1) is 11.4 Å². The topological polar surface area (TPSA) is 98.0 Å². The first-order valence-electron chi connectivity index (χ1n) is 9.08.